The molecule has 0 spiro atoms. The lowest BCUT2D eigenvalue weighted by atomic mass is 9.93. The number of carbonyl (C=O) groups excluding carboxylic acids is 2. The average Bonchev–Trinajstić information content (AvgIpc) is 2.79. The molecule has 0 saturated carbocycles. The first kappa shape index (κ1) is 21.8. The average molecular weight is 450 g/mol. The minimum atomic E-state index is -0.220. The summed E-state index contributed by atoms with van der Waals surface area (Å²) in [6.45, 7) is 2.07. The number of nitrogens with one attached hydrogen (secondary N) is 1. The van der Waals surface area contributed by atoms with Crippen molar-refractivity contribution in [3.63, 3.8) is 0 Å². The van der Waals surface area contributed by atoms with E-state index in [1.165, 1.54) is 6.92 Å². The second-order valence-corrected chi connectivity index (χ2v) is 8.24. The van der Waals surface area contributed by atoms with E-state index in [1.54, 1.807) is 30.5 Å². The molecule has 8 heteroatoms. The Morgan fingerprint density at radius 3 is 2.50 bits per heavy atom. The van der Waals surface area contributed by atoms with Crippen molar-refractivity contribution in [2.24, 2.45) is 0 Å². The maximum Gasteiger partial charge on any atom is 0.254 e. The van der Waals surface area contributed by atoms with Crippen molar-refractivity contribution in [2.75, 3.05) is 17.6 Å². The second-order valence-electron chi connectivity index (χ2n) is 7.80. The molecule has 164 valence electrons. The molecule has 1 saturated heterocycles. The number of piperidine rings is 1. The van der Waals surface area contributed by atoms with Gasteiger partial charge in [0.1, 0.15) is 0 Å². The first-order valence-electron chi connectivity index (χ1n) is 10.5. The van der Waals surface area contributed by atoms with E-state index in [9.17, 15) is 9.59 Å². The molecule has 1 unspecified atom stereocenters. The Kier molecular flexibility index (Phi) is 6.37. The van der Waals surface area contributed by atoms with Gasteiger partial charge in [-0.2, -0.15) is 0 Å². The molecule has 3 N–H and O–H groups in total. The Hall–Kier alpha value is -3.45. The molecule has 32 heavy (non-hydrogen) atoms. The molecule has 1 fully saturated rings. The Labute approximate surface area is 191 Å². The first-order valence-corrected chi connectivity index (χ1v) is 10.9. The van der Waals surface area contributed by atoms with Crippen LogP contribution < -0.4 is 11.1 Å². The molecule has 1 aromatic heterocycles. The highest BCUT2D eigenvalue weighted by molar-refractivity contribution is 6.30. The van der Waals surface area contributed by atoms with Crippen LogP contribution in [0.5, 0.6) is 0 Å². The number of nitrogen functional groups attached to an aromatic ring is 1. The lowest BCUT2D eigenvalue weighted by Crippen LogP contribution is -2.39. The number of aromatic nitrogens is 2. The number of hydrogen-bond donors (Lipinski definition) is 2. The number of nitrogens with two attached hydrogens (primary N) is 1. The number of nitrogens with zero attached hydrogens (tertiary/aromatic N) is 3. The van der Waals surface area contributed by atoms with Crippen LogP contribution in [-0.4, -0.2) is 33.2 Å². The Morgan fingerprint density at radius 1 is 1.09 bits per heavy atom. The van der Waals surface area contributed by atoms with Gasteiger partial charge in [0.2, 0.25) is 11.9 Å². The fourth-order valence-electron chi connectivity index (χ4n) is 4.04. The SMILES string of the molecule is CC(=O)Nc1ccc(C(=O)N2CCCCC2c2nc(N)ncc2-c2ccc(Cl)cc2)cc1. The number of carbonyl (C=O) groups is 2. The standard InChI is InChI=1S/C24H24ClN5O2/c1-15(31)28-19-11-7-17(8-12-19)23(32)30-13-3-2-4-21(30)22-20(14-27-24(26)29-22)16-5-9-18(25)10-6-16/h5-12,14,21H,2-4,13H2,1H3,(H,28,31)(H2,26,27,29). The Bertz CT molecular complexity index is 1130. The molecular weight excluding hydrogens is 426 g/mol. The van der Waals surface area contributed by atoms with E-state index in [0.29, 0.717) is 22.8 Å². The minimum Gasteiger partial charge on any atom is -0.368 e. The lowest BCUT2D eigenvalue weighted by Gasteiger charge is -2.36. The van der Waals surface area contributed by atoms with Gasteiger partial charge in [0.25, 0.3) is 5.91 Å². The second kappa shape index (κ2) is 9.36. The molecule has 1 aliphatic heterocycles. The van der Waals surface area contributed by atoms with Crippen LogP contribution in [0.4, 0.5) is 11.6 Å². The predicted octanol–water partition coefficient (Wildman–Crippen LogP) is 4.71. The van der Waals surface area contributed by atoms with Crippen LogP contribution in [0, 0.1) is 0 Å². The summed E-state index contributed by atoms with van der Waals surface area (Å²) in [5, 5.41) is 3.36. The summed E-state index contributed by atoms with van der Waals surface area (Å²) in [6, 6.07) is 14.2. The molecular formula is C24H24ClN5O2. The van der Waals surface area contributed by atoms with Crippen molar-refractivity contribution < 1.29 is 9.59 Å². The van der Waals surface area contributed by atoms with Gasteiger partial charge in [0.15, 0.2) is 0 Å². The third kappa shape index (κ3) is 4.73. The number of amides is 2. The van der Waals surface area contributed by atoms with Gasteiger partial charge in [0, 0.05) is 41.5 Å². The number of hydrogen-bond acceptors (Lipinski definition) is 5. The van der Waals surface area contributed by atoms with Gasteiger partial charge in [-0.3, -0.25) is 9.59 Å². The molecule has 2 amide bonds. The highest BCUT2D eigenvalue weighted by Gasteiger charge is 2.32. The summed E-state index contributed by atoms with van der Waals surface area (Å²) in [4.78, 5) is 35.3. The fraction of sp³-hybridized carbons (Fsp3) is 0.250. The van der Waals surface area contributed by atoms with Crippen LogP contribution in [0.3, 0.4) is 0 Å². The normalized spacial score (nSPS) is 15.9. The van der Waals surface area contributed by atoms with E-state index in [0.717, 1.165) is 36.1 Å². The summed E-state index contributed by atoms with van der Waals surface area (Å²) in [5.41, 5.74) is 9.64. The number of benzene rings is 2. The number of anilines is 2. The van der Waals surface area contributed by atoms with Crippen LogP contribution in [0.1, 0.15) is 48.3 Å². The van der Waals surface area contributed by atoms with E-state index in [-0.39, 0.29) is 23.8 Å². The number of halogens is 1. The molecule has 7 nitrogen and oxygen atoms in total. The van der Waals surface area contributed by atoms with Gasteiger partial charge in [0.05, 0.1) is 11.7 Å². The summed E-state index contributed by atoms with van der Waals surface area (Å²) >= 11 is 6.06. The molecule has 1 atom stereocenters. The van der Waals surface area contributed by atoms with Crippen molar-refractivity contribution in [3.8, 4) is 11.1 Å². The zero-order valence-corrected chi connectivity index (χ0v) is 18.5. The van der Waals surface area contributed by atoms with Crippen molar-refractivity contribution in [2.45, 2.75) is 32.2 Å². The van der Waals surface area contributed by atoms with Crippen molar-refractivity contribution in [1.82, 2.24) is 14.9 Å². The van der Waals surface area contributed by atoms with E-state index < -0.39 is 0 Å². The number of rotatable bonds is 4. The van der Waals surface area contributed by atoms with Gasteiger partial charge in [-0.1, -0.05) is 23.7 Å². The molecule has 0 bridgehead atoms. The molecule has 4 rings (SSSR count). The van der Waals surface area contributed by atoms with E-state index >= 15 is 0 Å². The van der Waals surface area contributed by atoms with Crippen molar-refractivity contribution >= 4 is 35.1 Å². The van der Waals surface area contributed by atoms with Crippen molar-refractivity contribution in [1.29, 1.82) is 0 Å². The zero-order valence-electron chi connectivity index (χ0n) is 17.7. The van der Waals surface area contributed by atoms with Crippen LogP contribution in [-0.2, 0) is 4.79 Å². The molecule has 0 aliphatic carbocycles. The first-order chi connectivity index (χ1) is 15.4. The Morgan fingerprint density at radius 2 is 1.81 bits per heavy atom. The van der Waals surface area contributed by atoms with Crippen molar-refractivity contribution in [3.05, 3.63) is 71.0 Å². The fourth-order valence-corrected chi connectivity index (χ4v) is 4.17. The lowest BCUT2D eigenvalue weighted by molar-refractivity contribution is -0.114. The monoisotopic (exact) mass is 449 g/mol. The van der Waals surface area contributed by atoms with Gasteiger partial charge in [-0.05, 0) is 61.2 Å². The number of likely N-dealkylation sites (tertiary alicyclic amines) is 1. The van der Waals surface area contributed by atoms with Crippen LogP contribution in [0.25, 0.3) is 11.1 Å². The third-order valence-electron chi connectivity index (χ3n) is 5.52. The molecule has 2 aromatic carbocycles. The summed E-state index contributed by atoms with van der Waals surface area (Å²) in [7, 11) is 0. The van der Waals surface area contributed by atoms with Gasteiger partial charge < -0.3 is 16.0 Å². The molecule has 2 heterocycles. The summed E-state index contributed by atoms with van der Waals surface area (Å²) in [5.74, 6) is -0.0603. The molecule has 1 aliphatic rings. The smallest absolute Gasteiger partial charge is 0.254 e. The highest BCUT2D eigenvalue weighted by Crippen LogP contribution is 2.37. The molecule has 0 radical (unpaired) electrons. The van der Waals surface area contributed by atoms with E-state index in [2.05, 4.69) is 15.3 Å². The topological polar surface area (TPSA) is 101 Å². The van der Waals surface area contributed by atoms with Crippen LogP contribution >= 0.6 is 11.6 Å². The summed E-state index contributed by atoms with van der Waals surface area (Å²) in [6.07, 6.45) is 4.40. The third-order valence-corrected chi connectivity index (χ3v) is 5.78. The van der Waals surface area contributed by atoms with Gasteiger partial charge >= 0.3 is 0 Å². The maximum absolute atomic E-state index is 13.4. The minimum absolute atomic E-state index is 0.0803. The molecule has 3 aromatic rings. The summed E-state index contributed by atoms with van der Waals surface area (Å²) < 4.78 is 0. The quantitative estimate of drug-likeness (QED) is 0.600. The highest BCUT2D eigenvalue weighted by atomic mass is 35.5. The zero-order chi connectivity index (χ0) is 22.7. The van der Waals surface area contributed by atoms with Crippen LogP contribution in [0.15, 0.2) is 54.7 Å². The van der Waals surface area contributed by atoms with Crippen LogP contribution in [0.2, 0.25) is 5.02 Å². The largest absolute Gasteiger partial charge is 0.368 e. The van der Waals surface area contributed by atoms with E-state index in [4.69, 9.17) is 17.3 Å². The Balaban J connectivity index is 1.68. The van der Waals surface area contributed by atoms with Gasteiger partial charge in [-0.15, -0.1) is 0 Å². The predicted molar refractivity (Wildman–Crippen MR) is 125 cm³/mol. The van der Waals surface area contributed by atoms with E-state index in [1.807, 2.05) is 29.2 Å². The van der Waals surface area contributed by atoms with Gasteiger partial charge in [-0.25, -0.2) is 9.97 Å². The maximum atomic E-state index is 13.4.